The van der Waals surface area contributed by atoms with E-state index in [9.17, 15) is 8.42 Å². The molecule has 0 aliphatic rings. The van der Waals surface area contributed by atoms with Crippen LogP contribution in [0.5, 0.6) is 0 Å². The summed E-state index contributed by atoms with van der Waals surface area (Å²) in [6.45, 7) is 2.80. The predicted molar refractivity (Wildman–Crippen MR) is 137 cm³/mol. The van der Waals surface area contributed by atoms with Crippen LogP contribution in [0.1, 0.15) is 25.6 Å². The fraction of sp³-hybridized carbons (Fsp3) is 0.231. The number of imidazole rings is 1. The van der Waals surface area contributed by atoms with Crippen LogP contribution in [0.25, 0.3) is 32.7 Å². The highest BCUT2D eigenvalue weighted by Gasteiger charge is 2.19. The third-order valence-corrected chi connectivity index (χ3v) is 7.63. The summed E-state index contributed by atoms with van der Waals surface area (Å²) < 4.78 is 31.3. The Kier molecular flexibility index (Phi) is 5.93. The van der Waals surface area contributed by atoms with E-state index in [1.807, 2.05) is 54.6 Å². The van der Waals surface area contributed by atoms with Gasteiger partial charge in [-0.3, -0.25) is 0 Å². The van der Waals surface area contributed by atoms with Crippen molar-refractivity contribution in [1.29, 1.82) is 0 Å². The molecule has 34 heavy (non-hydrogen) atoms. The first kappa shape index (κ1) is 22.3. The molecule has 2 heterocycles. The third kappa shape index (κ3) is 3.99. The van der Waals surface area contributed by atoms with Gasteiger partial charge in [0.2, 0.25) is 10.0 Å². The lowest BCUT2D eigenvalue weighted by Gasteiger charge is -2.13. The van der Waals surface area contributed by atoms with E-state index in [2.05, 4.69) is 21.2 Å². The van der Waals surface area contributed by atoms with Crippen molar-refractivity contribution in [2.45, 2.75) is 37.6 Å². The van der Waals surface area contributed by atoms with Gasteiger partial charge in [-0.15, -0.1) is 0 Å². The van der Waals surface area contributed by atoms with E-state index >= 15 is 0 Å². The average molecular weight is 474 g/mol. The van der Waals surface area contributed by atoms with Gasteiger partial charge in [-0.2, -0.15) is 0 Å². The monoisotopic (exact) mass is 473 g/mol. The molecule has 0 saturated heterocycles. The summed E-state index contributed by atoms with van der Waals surface area (Å²) in [6.07, 6.45) is 2.80. The van der Waals surface area contributed by atoms with Crippen LogP contribution in [-0.2, 0) is 23.0 Å². The topological polar surface area (TPSA) is 103 Å². The van der Waals surface area contributed by atoms with Crippen LogP contribution in [0.3, 0.4) is 0 Å². The van der Waals surface area contributed by atoms with Gasteiger partial charge in [0.25, 0.3) is 0 Å². The molecule has 0 aliphatic carbocycles. The fourth-order valence-corrected chi connectivity index (χ4v) is 5.72. The van der Waals surface area contributed by atoms with Crippen LogP contribution in [0.4, 0.5) is 5.82 Å². The Morgan fingerprint density at radius 1 is 0.941 bits per heavy atom. The number of aromatic nitrogens is 3. The molecule has 0 atom stereocenters. The first-order valence-corrected chi connectivity index (χ1v) is 13.0. The quantitative estimate of drug-likeness (QED) is 0.342. The van der Waals surface area contributed by atoms with E-state index in [-0.39, 0.29) is 11.4 Å². The zero-order valence-electron chi connectivity index (χ0n) is 19.0. The van der Waals surface area contributed by atoms with E-state index < -0.39 is 10.0 Å². The number of benzene rings is 3. The minimum absolute atomic E-state index is 0.229. The van der Waals surface area contributed by atoms with E-state index in [1.54, 1.807) is 12.1 Å². The zero-order valence-corrected chi connectivity index (χ0v) is 19.8. The normalized spacial score (nSPS) is 12.1. The van der Waals surface area contributed by atoms with Crippen molar-refractivity contribution in [2.24, 2.45) is 0 Å². The lowest BCUT2D eigenvalue weighted by molar-refractivity contribution is 0.570. The standard InChI is InChI=1S/C26H27N5O2S/c1-2-3-15-23-30-24-25(20-12-6-7-13-21(20)29-26(24)27)31(23)17-16-28-34(32,33)22-14-8-10-18-9-4-5-11-19(18)22/h4-14,28H,2-3,15-17H2,1H3,(H2,27,29). The Morgan fingerprint density at radius 3 is 2.50 bits per heavy atom. The highest BCUT2D eigenvalue weighted by molar-refractivity contribution is 7.89. The number of nitrogen functional groups attached to an aromatic ring is 1. The average Bonchev–Trinajstić information content (AvgIpc) is 3.21. The largest absolute Gasteiger partial charge is 0.382 e. The summed E-state index contributed by atoms with van der Waals surface area (Å²) >= 11 is 0. The van der Waals surface area contributed by atoms with Gasteiger partial charge >= 0.3 is 0 Å². The Labute approximate surface area is 198 Å². The Bertz CT molecular complexity index is 1600. The van der Waals surface area contributed by atoms with Crippen molar-refractivity contribution in [1.82, 2.24) is 19.3 Å². The van der Waals surface area contributed by atoms with E-state index in [1.165, 1.54) is 0 Å². The number of unbranched alkanes of at least 4 members (excludes halogenated alkanes) is 1. The molecule has 2 aromatic heterocycles. The Balaban J connectivity index is 1.51. The van der Waals surface area contributed by atoms with Crippen LogP contribution < -0.4 is 10.5 Å². The number of nitrogens with zero attached hydrogens (tertiary/aromatic N) is 3. The zero-order chi connectivity index (χ0) is 23.7. The molecule has 0 aliphatic heterocycles. The lowest BCUT2D eigenvalue weighted by atomic mass is 10.1. The number of pyridine rings is 1. The molecule has 174 valence electrons. The molecule has 3 N–H and O–H groups in total. The molecule has 3 aromatic carbocycles. The van der Waals surface area contributed by atoms with E-state index in [0.717, 1.165) is 46.9 Å². The van der Waals surface area contributed by atoms with Gasteiger partial charge in [0.05, 0.1) is 15.9 Å². The lowest BCUT2D eigenvalue weighted by Crippen LogP contribution is -2.28. The Morgan fingerprint density at radius 2 is 1.68 bits per heavy atom. The van der Waals surface area contributed by atoms with Crippen molar-refractivity contribution < 1.29 is 8.42 Å². The summed E-state index contributed by atoms with van der Waals surface area (Å²) in [5.74, 6) is 1.28. The van der Waals surface area contributed by atoms with E-state index in [4.69, 9.17) is 10.7 Å². The molecule has 0 radical (unpaired) electrons. The maximum atomic E-state index is 13.2. The van der Waals surface area contributed by atoms with Crippen LogP contribution in [0.15, 0.2) is 71.6 Å². The highest BCUT2D eigenvalue weighted by atomic mass is 32.2. The van der Waals surface area contributed by atoms with Crippen molar-refractivity contribution in [3.63, 3.8) is 0 Å². The maximum Gasteiger partial charge on any atom is 0.241 e. The molecule has 8 heteroatoms. The number of fused-ring (bicyclic) bond motifs is 4. The van der Waals surface area contributed by atoms with Crippen molar-refractivity contribution in [2.75, 3.05) is 12.3 Å². The van der Waals surface area contributed by atoms with Crippen LogP contribution in [0.2, 0.25) is 0 Å². The van der Waals surface area contributed by atoms with Crippen molar-refractivity contribution in [3.05, 3.63) is 72.6 Å². The minimum Gasteiger partial charge on any atom is -0.382 e. The minimum atomic E-state index is -3.69. The van der Waals surface area contributed by atoms with E-state index in [0.29, 0.717) is 23.3 Å². The number of hydrogen-bond acceptors (Lipinski definition) is 5. The Hall–Kier alpha value is -3.49. The van der Waals surface area contributed by atoms with Gasteiger partial charge < -0.3 is 10.3 Å². The fourth-order valence-electron chi connectivity index (χ4n) is 4.47. The SMILES string of the molecule is CCCCc1nc2c(N)nc3ccccc3c2n1CCNS(=O)(=O)c1cccc2ccccc12. The van der Waals surface area contributed by atoms with Crippen LogP contribution in [0, 0.1) is 0 Å². The van der Waals surface area contributed by atoms with Gasteiger partial charge in [0, 0.05) is 30.3 Å². The number of hydrogen-bond donors (Lipinski definition) is 2. The molecule has 0 fully saturated rings. The third-order valence-electron chi connectivity index (χ3n) is 6.11. The van der Waals surface area contributed by atoms with Gasteiger partial charge in [-0.1, -0.05) is 67.9 Å². The number of aryl methyl sites for hydroxylation is 1. The maximum absolute atomic E-state index is 13.2. The predicted octanol–water partition coefficient (Wildman–Crippen LogP) is 4.64. The molecule has 7 nitrogen and oxygen atoms in total. The van der Waals surface area contributed by atoms with Crippen molar-refractivity contribution in [3.8, 4) is 0 Å². The van der Waals surface area contributed by atoms with Crippen molar-refractivity contribution >= 4 is 48.5 Å². The number of anilines is 1. The second kappa shape index (κ2) is 9.04. The number of nitrogens with one attached hydrogen (secondary N) is 1. The summed E-state index contributed by atoms with van der Waals surface area (Å²) in [5.41, 5.74) is 8.63. The van der Waals surface area contributed by atoms with Gasteiger partial charge in [-0.25, -0.2) is 23.1 Å². The smallest absolute Gasteiger partial charge is 0.241 e. The first-order chi connectivity index (χ1) is 16.5. The van der Waals surface area contributed by atoms with Gasteiger partial charge in [0.1, 0.15) is 11.3 Å². The number of sulfonamides is 1. The first-order valence-electron chi connectivity index (χ1n) is 11.5. The molecule has 5 aromatic rings. The summed E-state index contributed by atoms with van der Waals surface area (Å²) in [7, 11) is -3.69. The van der Waals surface area contributed by atoms with Gasteiger partial charge in [-0.05, 0) is 23.9 Å². The molecule has 5 rings (SSSR count). The molecule has 0 unspecified atom stereocenters. The molecular weight excluding hydrogens is 446 g/mol. The highest BCUT2D eigenvalue weighted by Crippen LogP contribution is 2.29. The molecule has 0 saturated carbocycles. The second-order valence-electron chi connectivity index (χ2n) is 8.37. The molecule has 0 spiro atoms. The molecule has 0 bridgehead atoms. The number of rotatable bonds is 8. The summed E-state index contributed by atoms with van der Waals surface area (Å²) in [4.78, 5) is 9.61. The van der Waals surface area contributed by atoms with Crippen LogP contribution in [-0.4, -0.2) is 29.5 Å². The molecule has 0 amide bonds. The number of nitrogens with two attached hydrogens (primary N) is 1. The summed E-state index contributed by atoms with van der Waals surface area (Å²) in [6, 6.07) is 20.6. The van der Waals surface area contributed by atoms with Gasteiger partial charge in [0.15, 0.2) is 5.82 Å². The number of para-hydroxylation sites is 1. The second-order valence-corrected chi connectivity index (χ2v) is 10.1. The van der Waals surface area contributed by atoms with Crippen LogP contribution >= 0.6 is 0 Å². The summed E-state index contributed by atoms with van der Waals surface area (Å²) in [5, 5.41) is 2.56. The molecular formula is C26H27N5O2S.